The molecule has 0 heterocycles. The van der Waals surface area contributed by atoms with Crippen molar-refractivity contribution in [3.8, 4) is 0 Å². The molecular formula is C12H15NO2. The summed E-state index contributed by atoms with van der Waals surface area (Å²) in [4.78, 5) is 11.0. The second kappa shape index (κ2) is 5.98. The molecule has 0 aliphatic rings. The van der Waals surface area contributed by atoms with E-state index in [1.54, 1.807) is 0 Å². The minimum Gasteiger partial charge on any atom is -0.468 e. The molecule has 80 valence electrons. The molecule has 0 aliphatic carbocycles. The third-order valence-corrected chi connectivity index (χ3v) is 2.00. The normalized spacial score (nSPS) is 12.7. The first-order valence-electron chi connectivity index (χ1n) is 4.79. The Kier molecular flexibility index (Phi) is 4.57. The molecule has 15 heavy (non-hydrogen) atoms. The molecule has 0 saturated carbocycles. The van der Waals surface area contributed by atoms with Crippen LogP contribution in [-0.4, -0.2) is 19.1 Å². The van der Waals surface area contributed by atoms with Gasteiger partial charge in [-0.1, -0.05) is 42.5 Å². The third-order valence-electron chi connectivity index (χ3n) is 2.00. The Morgan fingerprint density at radius 2 is 2.13 bits per heavy atom. The van der Waals surface area contributed by atoms with Gasteiger partial charge in [-0.15, -0.1) is 0 Å². The fourth-order valence-corrected chi connectivity index (χ4v) is 1.16. The van der Waals surface area contributed by atoms with E-state index in [-0.39, 0.29) is 5.97 Å². The molecule has 0 radical (unpaired) electrons. The topological polar surface area (TPSA) is 52.3 Å². The lowest BCUT2D eigenvalue weighted by molar-refractivity contribution is -0.142. The molecule has 1 rings (SSSR count). The van der Waals surface area contributed by atoms with Gasteiger partial charge in [-0.2, -0.15) is 0 Å². The number of carbonyl (C=O) groups is 1. The van der Waals surface area contributed by atoms with Gasteiger partial charge in [0.2, 0.25) is 0 Å². The molecule has 1 aromatic rings. The molecule has 2 N–H and O–H groups in total. The van der Waals surface area contributed by atoms with Crippen LogP contribution in [0.25, 0.3) is 6.08 Å². The predicted octanol–water partition coefficient (Wildman–Crippen LogP) is 1.59. The van der Waals surface area contributed by atoms with Crippen molar-refractivity contribution in [2.45, 2.75) is 12.5 Å². The predicted molar refractivity (Wildman–Crippen MR) is 60.1 cm³/mol. The van der Waals surface area contributed by atoms with E-state index in [1.165, 1.54) is 7.11 Å². The van der Waals surface area contributed by atoms with Gasteiger partial charge in [-0.05, 0) is 12.0 Å². The van der Waals surface area contributed by atoms with Gasteiger partial charge in [-0.25, -0.2) is 0 Å². The molecule has 0 spiro atoms. The quantitative estimate of drug-likeness (QED) is 0.759. The first-order valence-corrected chi connectivity index (χ1v) is 4.79. The molecule has 0 fully saturated rings. The van der Waals surface area contributed by atoms with E-state index < -0.39 is 6.04 Å². The zero-order valence-corrected chi connectivity index (χ0v) is 8.72. The van der Waals surface area contributed by atoms with Gasteiger partial charge in [0.05, 0.1) is 7.11 Å². The van der Waals surface area contributed by atoms with Crippen molar-refractivity contribution >= 4 is 12.0 Å². The Labute approximate surface area is 89.5 Å². The molecule has 0 aliphatic heterocycles. The van der Waals surface area contributed by atoms with Gasteiger partial charge in [-0.3, -0.25) is 4.79 Å². The average molecular weight is 205 g/mol. The van der Waals surface area contributed by atoms with Crippen LogP contribution in [0.4, 0.5) is 0 Å². The average Bonchev–Trinajstić information content (AvgIpc) is 2.29. The van der Waals surface area contributed by atoms with Crippen molar-refractivity contribution < 1.29 is 9.53 Å². The van der Waals surface area contributed by atoms with Gasteiger partial charge in [0.25, 0.3) is 0 Å². The van der Waals surface area contributed by atoms with Crippen LogP contribution in [0.2, 0.25) is 0 Å². The first kappa shape index (κ1) is 11.5. The molecule has 0 aromatic heterocycles. The molecule has 0 amide bonds. The highest BCUT2D eigenvalue weighted by molar-refractivity contribution is 5.75. The molecule has 1 aromatic carbocycles. The maximum Gasteiger partial charge on any atom is 0.322 e. The van der Waals surface area contributed by atoms with E-state index in [0.29, 0.717) is 6.42 Å². The zero-order valence-electron chi connectivity index (χ0n) is 8.72. The number of rotatable bonds is 4. The lowest BCUT2D eigenvalue weighted by Crippen LogP contribution is -2.30. The largest absolute Gasteiger partial charge is 0.468 e. The van der Waals surface area contributed by atoms with Crippen molar-refractivity contribution in [3.63, 3.8) is 0 Å². The number of esters is 1. The second-order valence-electron chi connectivity index (χ2n) is 3.18. The molecule has 1 unspecified atom stereocenters. The summed E-state index contributed by atoms with van der Waals surface area (Å²) in [5.41, 5.74) is 6.66. The maximum absolute atomic E-state index is 11.0. The van der Waals surface area contributed by atoms with Crippen LogP contribution >= 0.6 is 0 Å². The third kappa shape index (κ3) is 3.95. The van der Waals surface area contributed by atoms with Gasteiger partial charge < -0.3 is 10.5 Å². The molecule has 3 nitrogen and oxygen atoms in total. The number of nitrogens with two attached hydrogens (primary N) is 1. The van der Waals surface area contributed by atoms with Crippen LogP contribution in [0, 0.1) is 0 Å². The molecule has 0 bridgehead atoms. The Bertz CT molecular complexity index is 333. The lowest BCUT2D eigenvalue weighted by atomic mass is 10.1. The van der Waals surface area contributed by atoms with E-state index in [2.05, 4.69) is 4.74 Å². The van der Waals surface area contributed by atoms with Crippen LogP contribution in [0.1, 0.15) is 12.0 Å². The van der Waals surface area contributed by atoms with E-state index in [0.717, 1.165) is 5.56 Å². The molecule has 1 atom stereocenters. The Hall–Kier alpha value is -1.61. The summed E-state index contributed by atoms with van der Waals surface area (Å²) < 4.78 is 4.52. The summed E-state index contributed by atoms with van der Waals surface area (Å²) in [7, 11) is 1.34. The minimum absolute atomic E-state index is 0.382. The highest BCUT2D eigenvalue weighted by atomic mass is 16.5. The monoisotopic (exact) mass is 205 g/mol. The summed E-state index contributed by atoms with van der Waals surface area (Å²) in [5, 5.41) is 0. The number of ether oxygens (including phenoxy) is 1. The number of benzene rings is 1. The second-order valence-corrected chi connectivity index (χ2v) is 3.18. The molecular weight excluding hydrogens is 190 g/mol. The van der Waals surface area contributed by atoms with Gasteiger partial charge in [0, 0.05) is 0 Å². The van der Waals surface area contributed by atoms with Crippen LogP contribution in [0.3, 0.4) is 0 Å². The molecule has 0 saturated heterocycles. The maximum atomic E-state index is 11.0. The summed E-state index contributed by atoms with van der Waals surface area (Å²) in [6.45, 7) is 0. The van der Waals surface area contributed by atoms with Crippen molar-refractivity contribution in [2.75, 3.05) is 7.11 Å². The van der Waals surface area contributed by atoms with Crippen molar-refractivity contribution in [1.82, 2.24) is 0 Å². The van der Waals surface area contributed by atoms with E-state index >= 15 is 0 Å². The summed E-state index contributed by atoms with van der Waals surface area (Å²) in [6.07, 6.45) is 4.29. The van der Waals surface area contributed by atoms with Crippen molar-refractivity contribution in [1.29, 1.82) is 0 Å². The van der Waals surface area contributed by atoms with Gasteiger partial charge >= 0.3 is 5.97 Å². The van der Waals surface area contributed by atoms with Crippen LogP contribution in [0.15, 0.2) is 36.4 Å². The fourth-order valence-electron chi connectivity index (χ4n) is 1.16. The van der Waals surface area contributed by atoms with Crippen LogP contribution in [0.5, 0.6) is 0 Å². The molecule has 3 heteroatoms. The lowest BCUT2D eigenvalue weighted by Gasteiger charge is -2.04. The van der Waals surface area contributed by atoms with E-state index in [9.17, 15) is 4.79 Å². The van der Waals surface area contributed by atoms with Crippen molar-refractivity contribution in [3.05, 3.63) is 42.0 Å². The zero-order chi connectivity index (χ0) is 11.1. The Balaban J connectivity index is 2.43. The number of methoxy groups -OCH3 is 1. The van der Waals surface area contributed by atoms with Crippen molar-refractivity contribution in [2.24, 2.45) is 5.73 Å². The standard InChI is InChI=1S/C12H15NO2/c1-15-12(14)11(13)9-5-8-10-6-3-2-4-7-10/h2-8,11H,9,13H2,1H3/b8-5+. The fraction of sp³-hybridized carbons (Fsp3) is 0.250. The smallest absolute Gasteiger partial charge is 0.322 e. The van der Waals surface area contributed by atoms with Gasteiger partial charge in [0.1, 0.15) is 6.04 Å². The highest BCUT2D eigenvalue weighted by Gasteiger charge is 2.10. The Morgan fingerprint density at radius 1 is 1.47 bits per heavy atom. The number of carbonyl (C=O) groups excluding carboxylic acids is 1. The van der Waals surface area contributed by atoms with Crippen LogP contribution in [-0.2, 0) is 9.53 Å². The van der Waals surface area contributed by atoms with E-state index in [4.69, 9.17) is 5.73 Å². The highest BCUT2D eigenvalue weighted by Crippen LogP contribution is 2.03. The van der Waals surface area contributed by atoms with Gasteiger partial charge in [0.15, 0.2) is 0 Å². The minimum atomic E-state index is -0.574. The summed E-state index contributed by atoms with van der Waals surface area (Å²) >= 11 is 0. The summed E-state index contributed by atoms with van der Waals surface area (Å²) in [5.74, 6) is -0.382. The first-order chi connectivity index (χ1) is 7.24. The van der Waals surface area contributed by atoms with E-state index in [1.807, 2.05) is 42.5 Å². The Morgan fingerprint density at radius 3 is 2.73 bits per heavy atom. The number of hydrogen-bond donors (Lipinski definition) is 1. The SMILES string of the molecule is COC(=O)C(N)C/C=C/c1ccccc1. The van der Waals surface area contributed by atoms with Crippen LogP contribution < -0.4 is 5.73 Å². The number of hydrogen-bond acceptors (Lipinski definition) is 3. The summed E-state index contributed by atoms with van der Waals surface area (Å²) in [6, 6.07) is 9.27.